The summed E-state index contributed by atoms with van der Waals surface area (Å²) in [5, 5.41) is 0. The molecule has 0 bridgehead atoms. The molecule has 3 aromatic rings. The molecule has 7 nitrogen and oxygen atoms in total. The van der Waals surface area contributed by atoms with E-state index in [4.69, 9.17) is 4.74 Å². The minimum absolute atomic E-state index is 0.0804. The van der Waals surface area contributed by atoms with E-state index in [2.05, 4.69) is 19.9 Å². The van der Waals surface area contributed by atoms with Gasteiger partial charge in [0, 0.05) is 48.9 Å². The average molecular weight is 335 g/mol. The van der Waals surface area contributed by atoms with Crippen LogP contribution in [0.15, 0.2) is 49.2 Å². The fourth-order valence-electron chi connectivity index (χ4n) is 3.19. The van der Waals surface area contributed by atoms with Gasteiger partial charge in [0.15, 0.2) is 0 Å². The third-order valence-corrected chi connectivity index (χ3v) is 4.38. The maximum absolute atomic E-state index is 13.2. The highest BCUT2D eigenvalue weighted by molar-refractivity contribution is 5.95. The maximum Gasteiger partial charge on any atom is 0.254 e. The number of nitrogens with one attached hydrogen (secondary N) is 1. The third-order valence-electron chi connectivity index (χ3n) is 4.38. The molecule has 0 spiro atoms. The average Bonchev–Trinajstić information content (AvgIpc) is 3.16. The van der Waals surface area contributed by atoms with Crippen LogP contribution in [0.4, 0.5) is 0 Å². The molecule has 0 aliphatic carbocycles. The van der Waals surface area contributed by atoms with Crippen LogP contribution in [0, 0.1) is 0 Å². The van der Waals surface area contributed by atoms with Gasteiger partial charge in [-0.05, 0) is 17.7 Å². The van der Waals surface area contributed by atoms with Gasteiger partial charge in [0.1, 0.15) is 6.04 Å². The predicted molar refractivity (Wildman–Crippen MR) is 90.2 cm³/mol. The van der Waals surface area contributed by atoms with Crippen LogP contribution in [0.5, 0.6) is 5.88 Å². The number of methoxy groups -OCH3 is 1. The van der Waals surface area contributed by atoms with E-state index in [1.807, 2.05) is 17.0 Å². The Kier molecular flexibility index (Phi) is 3.89. The summed E-state index contributed by atoms with van der Waals surface area (Å²) in [6.07, 6.45) is 7.49. The minimum Gasteiger partial charge on any atom is -0.481 e. The fourth-order valence-corrected chi connectivity index (χ4v) is 3.19. The van der Waals surface area contributed by atoms with Gasteiger partial charge in [-0.15, -0.1) is 0 Å². The summed E-state index contributed by atoms with van der Waals surface area (Å²) < 4.78 is 5.14. The van der Waals surface area contributed by atoms with Crippen molar-refractivity contribution in [2.75, 3.05) is 13.7 Å². The molecule has 3 aromatic heterocycles. The Morgan fingerprint density at radius 2 is 2.24 bits per heavy atom. The lowest BCUT2D eigenvalue weighted by atomic mass is 9.96. The zero-order valence-electron chi connectivity index (χ0n) is 13.7. The van der Waals surface area contributed by atoms with Gasteiger partial charge in [-0.25, -0.2) is 9.97 Å². The van der Waals surface area contributed by atoms with Gasteiger partial charge in [0.2, 0.25) is 5.88 Å². The lowest BCUT2D eigenvalue weighted by Gasteiger charge is -2.35. The molecule has 0 fully saturated rings. The van der Waals surface area contributed by atoms with Crippen molar-refractivity contribution in [3.63, 3.8) is 0 Å². The van der Waals surface area contributed by atoms with Crippen LogP contribution < -0.4 is 4.74 Å². The van der Waals surface area contributed by atoms with Gasteiger partial charge in [0.05, 0.1) is 19.1 Å². The van der Waals surface area contributed by atoms with E-state index in [-0.39, 0.29) is 11.9 Å². The quantitative estimate of drug-likeness (QED) is 0.791. The normalized spacial score (nSPS) is 16.4. The molecule has 1 atom stereocenters. The minimum atomic E-state index is -0.268. The number of amides is 1. The lowest BCUT2D eigenvalue weighted by molar-refractivity contribution is 0.0690. The number of aromatic nitrogens is 4. The Morgan fingerprint density at radius 1 is 1.32 bits per heavy atom. The number of aromatic amines is 1. The van der Waals surface area contributed by atoms with Crippen molar-refractivity contribution in [1.82, 2.24) is 24.8 Å². The molecule has 0 radical (unpaired) electrons. The Morgan fingerprint density at radius 3 is 3.04 bits per heavy atom. The number of imidazole rings is 1. The van der Waals surface area contributed by atoms with Crippen LogP contribution in [-0.2, 0) is 6.42 Å². The maximum atomic E-state index is 13.2. The van der Waals surface area contributed by atoms with Crippen LogP contribution in [-0.4, -0.2) is 44.4 Å². The molecule has 0 saturated heterocycles. The summed E-state index contributed by atoms with van der Waals surface area (Å²) in [4.78, 5) is 30.9. The molecule has 25 heavy (non-hydrogen) atoms. The Hall–Kier alpha value is -3.22. The van der Waals surface area contributed by atoms with E-state index in [1.165, 1.54) is 7.11 Å². The van der Waals surface area contributed by atoms with Crippen molar-refractivity contribution in [2.45, 2.75) is 12.5 Å². The van der Waals surface area contributed by atoms with Crippen molar-refractivity contribution in [3.05, 3.63) is 71.7 Å². The van der Waals surface area contributed by atoms with Gasteiger partial charge in [0.25, 0.3) is 5.91 Å². The van der Waals surface area contributed by atoms with E-state index >= 15 is 0 Å². The molecular formula is C18H17N5O2. The number of carbonyl (C=O) groups excluding carboxylic acids is 1. The second kappa shape index (κ2) is 6.35. The van der Waals surface area contributed by atoms with Crippen molar-refractivity contribution < 1.29 is 9.53 Å². The second-order valence-corrected chi connectivity index (χ2v) is 5.79. The fraction of sp³-hybridized carbons (Fsp3) is 0.222. The van der Waals surface area contributed by atoms with Gasteiger partial charge >= 0.3 is 0 Å². The third kappa shape index (κ3) is 2.73. The van der Waals surface area contributed by atoms with Crippen molar-refractivity contribution in [3.8, 4) is 5.88 Å². The van der Waals surface area contributed by atoms with Crippen LogP contribution in [0.3, 0.4) is 0 Å². The van der Waals surface area contributed by atoms with Gasteiger partial charge in [-0.1, -0.05) is 6.07 Å². The first-order valence-electron chi connectivity index (χ1n) is 8.01. The van der Waals surface area contributed by atoms with Gasteiger partial charge < -0.3 is 14.6 Å². The summed E-state index contributed by atoms with van der Waals surface area (Å²) in [5.74, 6) is 0.337. The van der Waals surface area contributed by atoms with E-state index in [9.17, 15) is 4.79 Å². The number of H-pyrrole nitrogens is 1. The Bertz CT molecular complexity index is 893. The van der Waals surface area contributed by atoms with E-state index in [1.54, 1.807) is 37.1 Å². The SMILES string of the molecule is COc1cc(C(=O)N2CCc3[nH]cnc3C2c2cccnc2)ccn1. The smallest absolute Gasteiger partial charge is 0.254 e. The molecule has 7 heteroatoms. The summed E-state index contributed by atoms with van der Waals surface area (Å²) in [5.41, 5.74) is 3.41. The largest absolute Gasteiger partial charge is 0.481 e. The topological polar surface area (TPSA) is 84.0 Å². The molecule has 1 aliphatic heterocycles. The molecule has 0 aromatic carbocycles. The van der Waals surface area contributed by atoms with Crippen molar-refractivity contribution in [2.24, 2.45) is 0 Å². The van der Waals surface area contributed by atoms with Crippen molar-refractivity contribution in [1.29, 1.82) is 0 Å². The van der Waals surface area contributed by atoms with E-state index in [0.29, 0.717) is 18.0 Å². The van der Waals surface area contributed by atoms with E-state index < -0.39 is 0 Å². The number of rotatable bonds is 3. The Balaban J connectivity index is 1.76. The molecule has 4 rings (SSSR count). The van der Waals surface area contributed by atoms with Crippen LogP contribution in [0.2, 0.25) is 0 Å². The van der Waals surface area contributed by atoms with Crippen LogP contribution in [0.1, 0.15) is 33.4 Å². The monoisotopic (exact) mass is 335 g/mol. The number of hydrogen-bond donors (Lipinski definition) is 1. The molecule has 1 unspecified atom stereocenters. The molecule has 1 amide bonds. The molecule has 1 N–H and O–H groups in total. The molecule has 126 valence electrons. The highest BCUT2D eigenvalue weighted by Crippen LogP contribution is 2.34. The Labute approximate surface area is 144 Å². The van der Waals surface area contributed by atoms with Gasteiger partial charge in [-0.2, -0.15) is 0 Å². The number of ether oxygens (including phenoxy) is 1. The zero-order valence-corrected chi connectivity index (χ0v) is 13.7. The second-order valence-electron chi connectivity index (χ2n) is 5.79. The molecule has 0 saturated carbocycles. The summed E-state index contributed by atoms with van der Waals surface area (Å²) >= 11 is 0. The number of nitrogens with zero attached hydrogens (tertiary/aromatic N) is 4. The number of carbonyl (C=O) groups is 1. The number of pyridine rings is 2. The summed E-state index contributed by atoms with van der Waals surface area (Å²) in [6, 6.07) is 6.92. The summed E-state index contributed by atoms with van der Waals surface area (Å²) in [6.45, 7) is 0.595. The van der Waals surface area contributed by atoms with Crippen LogP contribution in [0.25, 0.3) is 0 Å². The molecular weight excluding hydrogens is 318 g/mol. The first-order valence-corrected chi connectivity index (χ1v) is 8.01. The van der Waals surface area contributed by atoms with E-state index in [0.717, 1.165) is 23.4 Å². The van der Waals surface area contributed by atoms with Crippen molar-refractivity contribution >= 4 is 5.91 Å². The molecule has 1 aliphatic rings. The first kappa shape index (κ1) is 15.3. The standard InChI is InChI=1S/C18H17N5O2/c1-25-15-9-12(4-7-20-15)18(24)23-8-5-14-16(22-11-21-14)17(23)13-3-2-6-19-10-13/h2-4,6-7,9-11,17H,5,8H2,1H3,(H,21,22). The molecule has 4 heterocycles. The highest BCUT2D eigenvalue weighted by atomic mass is 16.5. The number of fused-ring (bicyclic) bond motifs is 1. The van der Waals surface area contributed by atoms with Crippen LogP contribution >= 0.6 is 0 Å². The first-order chi connectivity index (χ1) is 12.3. The lowest BCUT2D eigenvalue weighted by Crippen LogP contribution is -2.40. The van der Waals surface area contributed by atoms with Gasteiger partial charge in [-0.3, -0.25) is 9.78 Å². The highest BCUT2D eigenvalue weighted by Gasteiger charge is 2.34. The number of hydrogen-bond acceptors (Lipinski definition) is 5. The summed E-state index contributed by atoms with van der Waals surface area (Å²) in [7, 11) is 1.53. The predicted octanol–water partition coefficient (Wildman–Crippen LogP) is 2.00. The zero-order chi connectivity index (χ0) is 17.2.